The molecule has 0 fully saturated rings. The Kier molecular flexibility index (Phi) is 5.53. The molecule has 0 radical (unpaired) electrons. The minimum absolute atomic E-state index is 0.0567. The lowest BCUT2D eigenvalue weighted by Gasteiger charge is -2.25. The highest BCUT2D eigenvalue weighted by Crippen LogP contribution is 2.38. The van der Waals surface area contributed by atoms with Crippen molar-refractivity contribution in [3.63, 3.8) is 0 Å². The van der Waals surface area contributed by atoms with Crippen LogP contribution in [0.25, 0.3) is 0 Å². The van der Waals surface area contributed by atoms with Crippen molar-refractivity contribution < 1.29 is 27.1 Å². The lowest BCUT2D eigenvalue weighted by atomic mass is 9.86. The van der Waals surface area contributed by atoms with E-state index in [2.05, 4.69) is 0 Å². The van der Waals surface area contributed by atoms with Crippen LogP contribution in [0.15, 0.2) is 24.3 Å². The van der Waals surface area contributed by atoms with Gasteiger partial charge in [-0.1, -0.05) is 26.0 Å². The van der Waals surface area contributed by atoms with Crippen molar-refractivity contribution in [2.75, 3.05) is 6.61 Å². The maximum atomic E-state index is 12.9. The van der Waals surface area contributed by atoms with Crippen molar-refractivity contribution in [3.8, 4) is 0 Å². The van der Waals surface area contributed by atoms with Gasteiger partial charge in [-0.15, -0.1) is 0 Å². The summed E-state index contributed by atoms with van der Waals surface area (Å²) in [5, 5.41) is 0. The summed E-state index contributed by atoms with van der Waals surface area (Å²) >= 11 is 0. The molecular formula is C14H16F4O2. The Morgan fingerprint density at radius 1 is 1.25 bits per heavy atom. The summed E-state index contributed by atoms with van der Waals surface area (Å²) in [5.41, 5.74) is 0.0947. The zero-order valence-corrected chi connectivity index (χ0v) is 11.2. The van der Waals surface area contributed by atoms with Crippen molar-refractivity contribution in [3.05, 3.63) is 35.6 Å². The minimum atomic E-state index is -4.54. The Hall–Kier alpha value is -1.59. The molecule has 0 saturated carbocycles. The summed E-state index contributed by atoms with van der Waals surface area (Å²) in [6, 6.07) is 4.40. The third kappa shape index (κ3) is 4.21. The molecule has 2 atom stereocenters. The van der Waals surface area contributed by atoms with Gasteiger partial charge in [0.05, 0.1) is 18.4 Å². The van der Waals surface area contributed by atoms with Gasteiger partial charge >= 0.3 is 12.1 Å². The van der Waals surface area contributed by atoms with Crippen molar-refractivity contribution in [1.82, 2.24) is 0 Å². The lowest BCUT2D eigenvalue weighted by Crippen LogP contribution is -2.32. The fraction of sp³-hybridized carbons (Fsp3) is 0.500. The number of esters is 1. The van der Waals surface area contributed by atoms with Crippen LogP contribution >= 0.6 is 0 Å². The molecular weight excluding hydrogens is 276 g/mol. The molecule has 0 aromatic heterocycles. The number of carbonyl (C=O) groups is 1. The van der Waals surface area contributed by atoms with E-state index in [-0.39, 0.29) is 12.2 Å². The second-order valence-electron chi connectivity index (χ2n) is 4.53. The fourth-order valence-electron chi connectivity index (χ4n) is 1.78. The summed E-state index contributed by atoms with van der Waals surface area (Å²) in [6.07, 6.45) is -4.02. The average Bonchev–Trinajstić information content (AvgIpc) is 2.37. The largest absolute Gasteiger partial charge is 0.465 e. The first-order valence-corrected chi connectivity index (χ1v) is 6.26. The van der Waals surface area contributed by atoms with E-state index in [0.29, 0.717) is 6.42 Å². The second kappa shape index (κ2) is 6.72. The van der Waals surface area contributed by atoms with Crippen molar-refractivity contribution in [2.24, 2.45) is 5.92 Å². The highest BCUT2D eigenvalue weighted by Gasteiger charge is 2.45. The number of rotatable bonds is 5. The Bertz CT molecular complexity index is 439. The molecule has 20 heavy (non-hydrogen) atoms. The van der Waals surface area contributed by atoms with Crippen LogP contribution in [0.5, 0.6) is 0 Å². The van der Waals surface area contributed by atoms with Gasteiger partial charge in [0, 0.05) is 0 Å². The number of halogens is 4. The smallest absolute Gasteiger partial charge is 0.392 e. The molecule has 0 N–H and O–H groups in total. The van der Waals surface area contributed by atoms with E-state index < -0.39 is 29.8 Å². The Morgan fingerprint density at radius 2 is 1.80 bits per heavy atom. The summed E-state index contributed by atoms with van der Waals surface area (Å²) in [4.78, 5) is 11.9. The quantitative estimate of drug-likeness (QED) is 0.604. The van der Waals surface area contributed by atoms with Gasteiger partial charge in [0.2, 0.25) is 0 Å². The first-order chi connectivity index (χ1) is 9.27. The topological polar surface area (TPSA) is 26.3 Å². The molecule has 0 saturated heterocycles. The monoisotopic (exact) mass is 292 g/mol. The Balaban J connectivity index is 3.07. The van der Waals surface area contributed by atoms with Gasteiger partial charge in [-0.05, 0) is 24.1 Å². The van der Waals surface area contributed by atoms with Crippen LogP contribution in [0.2, 0.25) is 0 Å². The minimum Gasteiger partial charge on any atom is -0.465 e. The van der Waals surface area contributed by atoms with Gasteiger partial charge in [-0.2, -0.15) is 13.2 Å². The molecule has 112 valence electrons. The number of alkyl halides is 3. The summed E-state index contributed by atoms with van der Waals surface area (Å²) in [5.74, 6) is -4.91. The highest BCUT2D eigenvalue weighted by molar-refractivity contribution is 5.78. The predicted octanol–water partition coefficient (Wildman–Crippen LogP) is 4.06. The molecule has 0 aliphatic carbocycles. The van der Waals surface area contributed by atoms with Gasteiger partial charge in [0.25, 0.3) is 0 Å². The molecule has 0 spiro atoms. The van der Waals surface area contributed by atoms with Crippen LogP contribution in [-0.4, -0.2) is 18.8 Å². The van der Waals surface area contributed by atoms with Crippen molar-refractivity contribution >= 4 is 5.97 Å². The zero-order chi connectivity index (χ0) is 15.3. The highest BCUT2D eigenvalue weighted by atomic mass is 19.4. The maximum absolute atomic E-state index is 12.9. The van der Waals surface area contributed by atoms with E-state index in [1.54, 1.807) is 6.92 Å². The molecule has 0 amide bonds. The molecule has 6 heteroatoms. The van der Waals surface area contributed by atoms with E-state index >= 15 is 0 Å². The fourth-order valence-corrected chi connectivity index (χ4v) is 1.78. The van der Waals surface area contributed by atoms with Gasteiger partial charge in [0.15, 0.2) is 0 Å². The van der Waals surface area contributed by atoms with Crippen LogP contribution in [0.3, 0.4) is 0 Å². The first kappa shape index (κ1) is 16.5. The van der Waals surface area contributed by atoms with Gasteiger partial charge in [0.1, 0.15) is 5.82 Å². The van der Waals surface area contributed by atoms with Gasteiger partial charge < -0.3 is 4.74 Å². The third-order valence-corrected chi connectivity index (χ3v) is 2.95. The number of ether oxygens (including phenoxy) is 1. The number of hydrogen-bond acceptors (Lipinski definition) is 2. The van der Waals surface area contributed by atoms with Crippen LogP contribution < -0.4 is 0 Å². The van der Waals surface area contributed by atoms with Gasteiger partial charge in [-0.25, -0.2) is 4.39 Å². The predicted molar refractivity (Wildman–Crippen MR) is 65.6 cm³/mol. The SMILES string of the molecule is CCCOC(=O)C(c1ccc(F)cc1)C(C)C(F)(F)F. The molecule has 1 rings (SSSR count). The van der Waals surface area contributed by atoms with E-state index in [1.807, 2.05) is 0 Å². The third-order valence-electron chi connectivity index (χ3n) is 2.95. The molecule has 1 aromatic carbocycles. The van der Waals surface area contributed by atoms with E-state index in [9.17, 15) is 22.4 Å². The van der Waals surface area contributed by atoms with E-state index in [0.717, 1.165) is 19.1 Å². The standard InChI is InChI=1S/C14H16F4O2/c1-3-8-20-13(19)12(9(2)14(16,17)18)10-4-6-11(15)7-5-10/h4-7,9,12H,3,8H2,1-2H3. The lowest BCUT2D eigenvalue weighted by molar-refractivity contribution is -0.185. The molecule has 0 aliphatic rings. The number of hydrogen-bond donors (Lipinski definition) is 0. The van der Waals surface area contributed by atoms with E-state index in [1.165, 1.54) is 12.1 Å². The Labute approximate surface area is 114 Å². The molecule has 2 nitrogen and oxygen atoms in total. The maximum Gasteiger partial charge on any atom is 0.392 e. The molecule has 0 heterocycles. The first-order valence-electron chi connectivity index (χ1n) is 6.26. The van der Waals surface area contributed by atoms with Crippen LogP contribution in [0, 0.1) is 11.7 Å². The summed E-state index contributed by atoms with van der Waals surface area (Å²) in [7, 11) is 0. The molecule has 0 bridgehead atoms. The van der Waals surface area contributed by atoms with Crippen molar-refractivity contribution in [2.45, 2.75) is 32.4 Å². The summed E-state index contributed by atoms with van der Waals surface area (Å²) in [6.45, 7) is 2.72. The Morgan fingerprint density at radius 3 is 2.25 bits per heavy atom. The van der Waals surface area contributed by atoms with Gasteiger partial charge in [-0.3, -0.25) is 4.79 Å². The van der Waals surface area contributed by atoms with Crippen LogP contribution in [-0.2, 0) is 9.53 Å². The number of benzene rings is 1. The molecule has 2 unspecified atom stereocenters. The molecule has 0 aliphatic heterocycles. The zero-order valence-electron chi connectivity index (χ0n) is 11.2. The van der Waals surface area contributed by atoms with Crippen molar-refractivity contribution in [1.29, 1.82) is 0 Å². The normalized spacial score (nSPS) is 14.7. The second-order valence-corrected chi connectivity index (χ2v) is 4.53. The van der Waals surface area contributed by atoms with Crippen LogP contribution in [0.4, 0.5) is 17.6 Å². The summed E-state index contributed by atoms with van der Waals surface area (Å²) < 4.78 is 56.3. The van der Waals surface area contributed by atoms with E-state index in [4.69, 9.17) is 4.74 Å². The van der Waals surface area contributed by atoms with Crippen LogP contribution in [0.1, 0.15) is 31.7 Å². The molecule has 1 aromatic rings. The number of carbonyl (C=O) groups excluding carboxylic acids is 1. The average molecular weight is 292 g/mol.